The molecule has 1 aromatic carbocycles. The highest BCUT2D eigenvalue weighted by Gasteiger charge is 2.71. The van der Waals surface area contributed by atoms with Crippen molar-refractivity contribution >= 4 is 23.3 Å². The standard InChI is InChI=1S/C15H12ClF6N3O2/c16-10-3-1-9(2-4-10)8-25-6-5-11(24-25)23-12(26)7-13(27,14(17,18)19)15(20,21)22/h1-6,27H,7-8H2,(H,23,24,26). The number of hydrogen-bond donors (Lipinski definition) is 2. The van der Waals surface area contributed by atoms with Crippen LogP contribution in [0.1, 0.15) is 12.0 Å². The van der Waals surface area contributed by atoms with E-state index >= 15 is 0 Å². The van der Waals surface area contributed by atoms with E-state index in [1.54, 1.807) is 29.6 Å². The van der Waals surface area contributed by atoms with Gasteiger partial charge in [-0.25, -0.2) is 0 Å². The summed E-state index contributed by atoms with van der Waals surface area (Å²) in [6, 6.07) is 7.81. The second kappa shape index (κ2) is 7.39. The van der Waals surface area contributed by atoms with Crippen LogP contribution in [0.5, 0.6) is 0 Å². The van der Waals surface area contributed by atoms with Crippen molar-refractivity contribution in [2.24, 2.45) is 0 Å². The molecular weight excluding hydrogens is 404 g/mol. The van der Waals surface area contributed by atoms with Crippen molar-refractivity contribution < 1.29 is 36.2 Å². The molecule has 0 bridgehead atoms. The zero-order chi connectivity index (χ0) is 20.5. The lowest BCUT2D eigenvalue weighted by molar-refractivity contribution is -0.366. The second-order valence-corrected chi connectivity index (χ2v) is 6.04. The van der Waals surface area contributed by atoms with Crippen LogP contribution in [0.3, 0.4) is 0 Å². The van der Waals surface area contributed by atoms with Crippen molar-refractivity contribution in [1.29, 1.82) is 0 Å². The van der Waals surface area contributed by atoms with Gasteiger partial charge in [0.05, 0.1) is 13.0 Å². The van der Waals surface area contributed by atoms with Crippen molar-refractivity contribution in [3.05, 3.63) is 47.1 Å². The molecule has 0 saturated carbocycles. The van der Waals surface area contributed by atoms with Gasteiger partial charge < -0.3 is 10.4 Å². The van der Waals surface area contributed by atoms with Crippen molar-refractivity contribution in [3.63, 3.8) is 0 Å². The Morgan fingerprint density at radius 2 is 1.63 bits per heavy atom. The molecule has 2 aromatic rings. The molecule has 0 radical (unpaired) electrons. The van der Waals surface area contributed by atoms with E-state index in [-0.39, 0.29) is 12.4 Å². The quantitative estimate of drug-likeness (QED) is 0.731. The predicted molar refractivity (Wildman–Crippen MR) is 83.1 cm³/mol. The summed E-state index contributed by atoms with van der Waals surface area (Å²) in [6.45, 7) is 0.224. The first-order valence-electron chi connectivity index (χ1n) is 7.25. The smallest absolute Gasteiger partial charge is 0.373 e. The minimum absolute atomic E-state index is 0.224. The number of carbonyl (C=O) groups excluding carboxylic acids is 1. The lowest BCUT2D eigenvalue weighted by Crippen LogP contribution is -2.58. The summed E-state index contributed by atoms with van der Waals surface area (Å²) < 4.78 is 76.9. The van der Waals surface area contributed by atoms with E-state index in [2.05, 4.69) is 5.10 Å². The molecule has 1 heterocycles. The summed E-state index contributed by atoms with van der Waals surface area (Å²) in [5.74, 6) is -1.95. The maximum Gasteiger partial charge on any atom is 0.426 e. The molecule has 0 aliphatic rings. The third-order valence-electron chi connectivity index (χ3n) is 3.52. The molecule has 0 unspecified atom stereocenters. The van der Waals surface area contributed by atoms with Gasteiger partial charge in [0.25, 0.3) is 5.60 Å². The number of anilines is 1. The molecule has 0 aliphatic heterocycles. The molecule has 0 atom stereocenters. The summed E-state index contributed by atoms with van der Waals surface area (Å²) in [4.78, 5) is 11.6. The summed E-state index contributed by atoms with van der Waals surface area (Å²) in [5.41, 5.74) is -4.39. The molecular formula is C15H12ClF6N3O2. The van der Waals surface area contributed by atoms with E-state index in [1.807, 2.05) is 0 Å². The monoisotopic (exact) mass is 415 g/mol. The number of hydrogen-bond acceptors (Lipinski definition) is 3. The molecule has 0 saturated heterocycles. The van der Waals surface area contributed by atoms with Crippen molar-refractivity contribution in [2.75, 3.05) is 5.32 Å². The van der Waals surface area contributed by atoms with Gasteiger partial charge in [0.1, 0.15) is 0 Å². The first-order valence-corrected chi connectivity index (χ1v) is 7.63. The van der Waals surface area contributed by atoms with E-state index in [1.165, 1.54) is 16.9 Å². The fourth-order valence-corrected chi connectivity index (χ4v) is 2.20. The maximum atomic E-state index is 12.6. The van der Waals surface area contributed by atoms with Crippen LogP contribution in [0.15, 0.2) is 36.5 Å². The molecule has 12 heteroatoms. The van der Waals surface area contributed by atoms with Crippen molar-refractivity contribution in [1.82, 2.24) is 9.78 Å². The Balaban J connectivity index is 2.06. The molecule has 27 heavy (non-hydrogen) atoms. The average Bonchev–Trinajstić information content (AvgIpc) is 2.94. The molecule has 1 aromatic heterocycles. The van der Waals surface area contributed by atoms with Gasteiger partial charge >= 0.3 is 12.4 Å². The van der Waals surface area contributed by atoms with Crippen LogP contribution in [-0.2, 0) is 11.3 Å². The molecule has 1 amide bonds. The average molecular weight is 416 g/mol. The Morgan fingerprint density at radius 3 is 2.15 bits per heavy atom. The minimum Gasteiger partial charge on any atom is -0.373 e. The predicted octanol–water partition coefficient (Wildman–Crippen LogP) is 3.77. The highest BCUT2D eigenvalue weighted by atomic mass is 35.5. The van der Waals surface area contributed by atoms with E-state index in [4.69, 9.17) is 16.7 Å². The zero-order valence-electron chi connectivity index (χ0n) is 13.3. The lowest BCUT2D eigenvalue weighted by atomic mass is 9.98. The fraction of sp³-hybridized carbons (Fsp3) is 0.333. The van der Waals surface area contributed by atoms with Crippen LogP contribution in [-0.4, -0.2) is 38.7 Å². The zero-order valence-corrected chi connectivity index (χ0v) is 14.0. The van der Waals surface area contributed by atoms with Gasteiger partial charge in [-0.2, -0.15) is 31.4 Å². The fourth-order valence-electron chi connectivity index (χ4n) is 2.07. The molecule has 0 fully saturated rings. The lowest BCUT2D eigenvalue weighted by Gasteiger charge is -2.31. The van der Waals surface area contributed by atoms with Crippen molar-refractivity contribution in [2.45, 2.75) is 30.9 Å². The number of carbonyl (C=O) groups is 1. The normalized spacial score (nSPS) is 12.9. The van der Waals surface area contributed by atoms with Crippen LogP contribution >= 0.6 is 11.6 Å². The number of nitrogens with zero attached hydrogens (tertiary/aromatic N) is 2. The molecule has 0 aliphatic carbocycles. The third kappa shape index (κ3) is 4.92. The Kier molecular flexibility index (Phi) is 5.76. The van der Waals surface area contributed by atoms with Gasteiger partial charge in [-0.3, -0.25) is 9.48 Å². The maximum absolute atomic E-state index is 12.6. The van der Waals surface area contributed by atoms with Crippen LogP contribution in [0.25, 0.3) is 0 Å². The third-order valence-corrected chi connectivity index (χ3v) is 3.77. The number of alkyl halides is 6. The number of halogens is 7. The van der Waals surface area contributed by atoms with Gasteiger partial charge in [0.15, 0.2) is 5.82 Å². The van der Waals surface area contributed by atoms with Crippen LogP contribution in [0.2, 0.25) is 5.02 Å². The van der Waals surface area contributed by atoms with Gasteiger partial charge in [-0.1, -0.05) is 23.7 Å². The summed E-state index contributed by atoms with van der Waals surface area (Å²) >= 11 is 5.74. The number of benzene rings is 1. The molecule has 2 rings (SSSR count). The van der Waals surface area contributed by atoms with Crippen LogP contribution in [0, 0.1) is 0 Å². The first-order chi connectivity index (χ1) is 12.3. The van der Waals surface area contributed by atoms with Gasteiger partial charge in [0, 0.05) is 17.3 Å². The number of nitrogens with one attached hydrogen (secondary N) is 1. The Bertz CT molecular complexity index is 787. The number of amides is 1. The van der Waals surface area contributed by atoms with E-state index in [0.29, 0.717) is 5.02 Å². The number of aromatic nitrogens is 2. The SMILES string of the molecule is O=C(CC(O)(C(F)(F)F)C(F)(F)F)Nc1ccn(Cc2ccc(Cl)cc2)n1. The van der Waals surface area contributed by atoms with Gasteiger partial charge in [-0.05, 0) is 17.7 Å². The minimum atomic E-state index is -6.07. The highest BCUT2D eigenvalue weighted by Crippen LogP contribution is 2.45. The molecule has 0 spiro atoms. The Hall–Kier alpha value is -2.27. The molecule has 5 nitrogen and oxygen atoms in total. The van der Waals surface area contributed by atoms with Gasteiger partial charge in [-0.15, -0.1) is 0 Å². The highest BCUT2D eigenvalue weighted by molar-refractivity contribution is 6.30. The number of aliphatic hydroxyl groups is 1. The number of rotatable bonds is 5. The summed E-state index contributed by atoms with van der Waals surface area (Å²) in [5, 5.41) is 15.2. The summed E-state index contributed by atoms with van der Waals surface area (Å²) in [7, 11) is 0. The van der Waals surface area contributed by atoms with E-state index < -0.39 is 30.3 Å². The largest absolute Gasteiger partial charge is 0.426 e. The Labute approximate surface area is 153 Å². The molecule has 148 valence electrons. The van der Waals surface area contributed by atoms with Crippen LogP contribution < -0.4 is 5.32 Å². The van der Waals surface area contributed by atoms with Crippen LogP contribution in [0.4, 0.5) is 32.2 Å². The molecule has 2 N–H and O–H groups in total. The van der Waals surface area contributed by atoms with Gasteiger partial charge in [0.2, 0.25) is 5.91 Å². The van der Waals surface area contributed by atoms with E-state index in [9.17, 15) is 31.1 Å². The first kappa shape index (κ1) is 21.0. The second-order valence-electron chi connectivity index (χ2n) is 5.61. The van der Waals surface area contributed by atoms with Crippen molar-refractivity contribution in [3.8, 4) is 0 Å². The Morgan fingerprint density at radius 1 is 1.07 bits per heavy atom. The van der Waals surface area contributed by atoms with E-state index in [0.717, 1.165) is 5.56 Å². The topological polar surface area (TPSA) is 67.2 Å². The summed E-state index contributed by atoms with van der Waals surface area (Å²) in [6.07, 6.45) is -13.0.